The molecule has 3 nitrogen and oxygen atoms in total. The van der Waals surface area contributed by atoms with Crippen molar-refractivity contribution in [3.05, 3.63) is 0 Å². The predicted molar refractivity (Wildman–Crippen MR) is 42.7 cm³/mol. The van der Waals surface area contributed by atoms with Crippen LogP contribution in [0.1, 0.15) is 20.8 Å². The molecule has 0 heterocycles. The van der Waals surface area contributed by atoms with Gasteiger partial charge in [0.15, 0.2) is 12.2 Å². The lowest BCUT2D eigenvalue weighted by molar-refractivity contribution is -0.227. The number of carbonyl (C=O) groups excluding carboxylic acids is 1. The maximum atomic E-state index is 12.0. The number of halogens is 3. The van der Waals surface area contributed by atoms with Gasteiger partial charge in [-0.2, -0.15) is 13.2 Å². The van der Waals surface area contributed by atoms with E-state index >= 15 is 0 Å². The summed E-state index contributed by atoms with van der Waals surface area (Å²) in [6, 6.07) is 0. The van der Waals surface area contributed by atoms with Gasteiger partial charge >= 0.3 is 12.1 Å². The molecule has 14 heavy (non-hydrogen) atoms. The maximum absolute atomic E-state index is 12.0. The molecule has 2 atom stereocenters. The van der Waals surface area contributed by atoms with Gasteiger partial charge < -0.3 is 9.47 Å². The standard InChI is InChI=1S/C8H13F3O3/c1-4-13-7(12)5(2)14-6(3)8(9,10)11/h5-6H,4H2,1-3H3. The van der Waals surface area contributed by atoms with Crippen molar-refractivity contribution in [1.82, 2.24) is 0 Å². The molecule has 0 aromatic carbocycles. The zero-order chi connectivity index (χ0) is 11.4. The Balaban J connectivity index is 4.06. The van der Waals surface area contributed by atoms with Crippen LogP contribution in [0.15, 0.2) is 0 Å². The first kappa shape index (κ1) is 13.2. The molecule has 0 saturated carbocycles. The summed E-state index contributed by atoms with van der Waals surface area (Å²) in [5.41, 5.74) is 0. The van der Waals surface area contributed by atoms with E-state index in [0.717, 1.165) is 6.92 Å². The predicted octanol–water partition coefficient (Wildman–Crippen LogP) is 1.91. The third-order valence-corrected chi connectivity index (χ3v) is 1.49. The molecule has 0 radical (unpaired) electrons. The smallest absolute Gasteiger partial charge is 0.414 e. The van der Waals surface area contributed by atoms with E-state index in [1.54, 1.807) is 6.92 Å². The lowest BCUT2D eigenvalue weighted by Crippen LogP contribution is -2.35. The molecule has 0 aliphatic heterocycles. The van der Waals surface area contributed by atoms with Gasteiger partial charge in [-0.15, -0.1) is 0 Å². The number of carbonyl (C=O) groups is 1. The summed E-state index contributed by atoms with van der Waals surface area (Å²) in [6.07, 6.45) is -7.63. The van der Waals surface area contributed by atoms with Gasteiger partial charge in [-0.3, -0.25) is 0 Å². The molecule has 6 heteroatoms. The highest BCUT2D eigenvalue weighted by Gasteiger charge is 2.39. The summed E-state index contributed by atoms with van der Waals surface area (Å²) < 4.78 is 44.9. The van der Waals surface area contributed by atoms with E-state index in [-0.39, 0.29) is 6.61 Å². The molecule has 0 saturated heterocycles. The number of alkyl halides is 3. The van der Waals surface area contributed by atoms with Crippen LogP contribution in [0.4, 0.5) is 13.2 Å². The zero-order valence-electron chi connectivity index (χ0n) is 8.22. The first-order valence-corrected chi connectivity index (χ1v) is 4.17. The molecule has 0 rings (SSSR count). The van der Waals surface area contributed by atoms with Gasteiger partial charge in [0, 0.05) is 0 Å². The maximum Gasteiger partial charge on any atom is 0.414 e. The molecule has 0 fully saturated rings. The quantitative estimate of drug-likeness (QED) is 0.670. The second-order valence-electron chi connectivity index (χ2n) is 2.71. The van der Waals surface area contributed by atoms with Crippen LogP contribution in [0, 0.1) is 0 Å². The largest absolute Gasteiger partial charge is 0.464 e. The number of ether oxygens (including phenoxy) is 2. The van der Waals surface area contributed by atoms with E-state index in [2.05, 4.69) is 9.47 Å². The normalized spacial score (nSPS) is 16.1. The lowest BCUT2D eigenvalue weighted by Gasteiger charge is -2.19. The second kappa shape index (κ2) is 5.19. The molecule has 0 aromatic rings. The molecule has 0 amide bonds. The Morgan fingerprint density at radius 1 is 1.36 bits per heavy atom. The highest BCUT2D eigenvalue weighted by Crippen LogP contribution is 2.23. The van der Waals surface area contributed by atoms with Crippen LogP contribution >= 0.6 is 0 Å². The molecule has 0 aromatic heterocycles. The fourth-order valence-electron chi connectivity index (χ4n) is 0.699. The topological polar surface area (TPSA) is 35.5 Å². The van der Waals surface area contributed by atoms with Crippen LogP contribution in [-0.4, -0.2) is 31.0 Å². The Hall–Kier alpha value is -0.780. The number of hydrogen-bond donors (Lipinski definition) is 0. The summed E-state index contributed by atoms with van der Waals surface area (Å²) >= 11 is 0. The summed E-state index contributed by atoms with van der Waals surface area (Å²) in [7, 11) is 0. The highest BCUT2D eigenvalue weighted by atomic mass is 19.4. The summed E-state index contributed by atoms with van der Waals surface area (Å²) in [5, 5.41) is 0. The Morgan fingerprint density at radius 2 is 1.86 bits per heavy atom. The van der Waals surface area contributed by atoms with Crippen LogP contribution < -0.4 is 0 Å². The van der Waals surface area contributed by atoms with Crippen LogP contribution in [0.25, 0.3) is 0 Å². The molecule has 0 N–H and O–H groups in total. The Labute approximate surface area is 80.2 Å². The molecule has 0 aliphatic rings. The minimum Gasteiger partial charge on any atom is -0.464 e. The lowest BCUT2D eigenvalue weighted by atomic mass is 10.3. The van der Waals surface area contributed by atoms with Crippen LogP contribution in [0.3, 0.4) is 0 Å². The van der Waals surface area contributed by atoms with Crippen molar-refractivity contribution in [2.45, 2.75) is 39.2 Å². The summed E-state index contributed by atoms with van der Waals surface area (Å²) in [4.78, 5) is 10.9. The second-order valence-corrected chi connectivity index (χ2v) is 2.71. The van der Waals surface area contributed by atoms with Crippen molar-refractivity contribution in [2.75, 3.05) is 6.61 Å². The van der Waals surface area contributed by atoms with Gasteiger partial charge in [-0.25, -0.2) is 4.79 Å². The van der Waals surface area contributed by atoms with Crippen molar-refractivity contribution in [3.63, 3.8) is 0 Å². The minimum absolute atomic E-state index is 0.118. The van der Waals surface area contributed by atoms with Crippen molar-refractivity contribution in [1.29, 1.82) is 0 Å². The third-order valence-electron chi connectivity index (χ3n) is 1.49. The van der Waals surface area contributed by atoms with Gasteiger partial charge in [0.25, 0.3) is 0 Å². The van der Waals surface area contributed by atoms with Crippen LogP contribution in [-0.2, 0) is 14.3 Å². The van der Waals surface area contributed by atoms with Crippen molar-refractivity contribution in [2.24, 2.45) is 0 Å². The fraction of sp³-hybridized carbons (Fsp3) is 0.875. The zero-order valence-corrected chi connectivity index (χ0v) is 8.22. The monoisotopic (exact) mass is 214 g/mol. The van der Waals surface area contributed by atoms with Gasteiger partial charge in [-0.1, -0.05) is 0 Å². The number of rotatable bonds is 4. The van der Waals surface area contributed by atoms with Crippen molar-refractivity contribution < 1.29 is 27.4 Å². The highest BCUT2D eigenvalue weighted by molar-refractivity contribution is 5.74. The summed E-state index contributed by atoms with van der Waals surface area (Å²) in [6.45, 7) is 3.75. The van der Waals surface area contributed by atoms with Crippen LogP contribution in [0.2, 0.25) is 0 Å². The first-order chi connectivity index (χ1) is 6.29. The number of esters is 1. The van der Waals surface area contributed by atoms with Gasteiger partial charge in [0.05, 0.1) is 6.61 Å². The summed E-state index contributed by atoms with van der Waals surface area (Å²) in [5.74, 6) is -0.788. The van der Waals surface area contributed by atoms with Gasteiger partial charge in [-0.05, 0) is 20.8 Å². The van der Waals surface area contributed by atoms with Gasteiger partial charge in [0.2, 0.25) is 0 Å². The van der Waals surface area contributed by atoms with E-state index in [9.17, 15) is 18.0 Å². The van der Waals surface area contributed by atoms with E-state index in [1.165, 1.54) is 6.92 Å². The van der Waals surface area contributed by atoms with E-state index in [0.29, 0.717) is 0 Å². The molecular formula is C8H13F3O3. The molecule has 0 bridgehead atoms. The average molecular weight is 214 g/mol. The van der Waals surface area contributed by atoms with Crippen molar-refractivity contribution in [3.8, 4) is 0 Å². The molecular weight excluding hydrogens is 201 g/mol. The van der Waals surface area contributed by atoms with Crippen LogP contribution in [0.5, 0.6) is 0 Å². The molecule has 84 valence electrons. The average Bonchev–Trinajstić information content (AvgIpc) is 2.02. The number of hydrogen-bond acceptors (Lipinski definition) is 3. The molecule has 2 unspecified atom stereocenters. The Morgan fingerprint density at radius 3 is 2.21 bits per heavy atom. The van der Waals surface area contributed by atoms with E-state index in [4.69, 9.17) is 0 Å². The SMILES string of the molecule is CCOC(=O)C(C)OC(C)C(F)(F)F. The van der Waals surface area contributed by atoms with Crippen molar-refractivity contribution >= 4 is 5.97 Å². The first-order valence-electron chi connectivity index (χ1n) is 4.17. The minimum atomic E-state index is -4.46. The Kier molecular flexibility index (Phi) is 4.90. The fourth-order valence-corrected chi connectivity index (χ4v) is 0.699. The van der Waals surface area contributed by atoms with E-state index in [1.807, 2.05) is 0 Å². The molecule has 0 spiro atoms. The van der Waals surface area contributed by atoms with E-state index < -0.39 is 24.4 Å². The third kappa shape index (κ3) is 4.45. The van der Waals surface area contributed by atoms with Gasteiger partial charge in [0.1, 0.15) is 0 Å². The molecule has 0 aliphatic carbocycles. The Bertz CT molecular complexity index is 191.